The van der Waals surface area contributed by atoms with E-state index in [0.29, 0.717) is 0 Å². The van der Waals surface area contributed by atoms with Crippen LogP contribution in [0.1, 0.15) is 12.5 Å². The molecule has 4 aliphatic heterocycles. The van der Waals surface area contributed by atoms with E-state index in [1.54, 1.807) is 0 Å². The van der Waals surface area contributed by atoms with Crippen molar-refractivity contribution in [2.75, 3.05) is 25.6 Å². The molecular formula is C18H23N8O13P2+. The van der Waals surface area contributed by atoms with E-state index in [0.717, 1.165) is 15.5 Å². The van der Waals surface area contributed by atoms with Gasteiger partial charge in [-0.25, -0.2) is 18.7 Å². The van der Waals surface area contributed by atoms with E-state index in [4.69, 9.17) is 36.4 Å². The molecule has 0 spiro atoms. The summed E-state index contributed by atoms with van der Waals surface area (Å²) in [5.74, 6) is 1.66. The molecule has 6 rings (SSSR count). The molecule has 41 heavy (non-hydrogen) atoms. The molecule has 2 saturated heterocycles. The van der Waals surface area contributed by atoms with E-state index in [9.17, 15) is 34.2 Å². The number of nitrogen functional groups attached to an aromatic ring is 1. The summed E-state index contributed by atoms with van der Waals surface area (Å²) < 4.78 is 57.6. The zero-order valence-corrected chi connectivity index (χ0v) is 22.3. The minimum Gasteiger partial charge on any atom is -0.387 e. The second-order valence-electron chi connectivity index (χ2n) is 8.87. The number of nitrogens with two attached hydrogens (primary N) is 1. The number of phosphoric ester groups is 2. The molecule has 8 bridgehead atoms. The van der Waals surface area contributed by atoms with E-state index in [2.05, 4.69) is 34.7 Å². The first kappa shape index (κ1) is 29.7. The Morgan fingerprint density at radius 1 is 1.20 bits per heavy atom. The number of anilines is 1. The quantitative estimate of drug-likeness (QED) is 0.0561. The van der Waals surface area contributed by atoms with Crippen LogP contribution in [0.4, 0.5) is 11.8 Å². The number of ether oxygens (including phenoxy) is 3. The van der Waals surface area contributed by atoms with Gasteiger partial charge in [0.1, 0.15) is 43.2 Å². The van der Waals surface area contributed by atoms with Gasteiger partial charge in [0, 0.05) is 4.91 Å². The highest BCUT2D eigenvalue weighted by Crippen LogP contribution is 2.61. The Bertz CT molecular complexity index is 1530. The lowest BCUT2D eigenvalue weighted by atomic mass is 10.1. The van der Waals surface area contributed by atoms with Crippen LogP contribution in [0.5, 0.6) is 0 Å². The largest absolute Gasteiger partial charge is 0.481 e. The van der Waals surface area contributed by atoms with Gasteiger partial charge in [0.05, 0.1) is 13.2 Å². The van der Waals surface area contributed by atoms with Crippen molar-refractivity contribution in [1.82, 2.24) is 14.5 Å². The van der Waals surface area contributed by atoms with Crippen LogP contribution in [0.3, 0.4) is 0 Å². The zero-order valence-electron chi connectivity index (χ0n) is 20.5. The Morgan fingerprint density at radius 2 is 1.85 bits per heavy atom. The van der Waals surface area contributed by atoms with Crippen molar-refractivity contribution in [1.29, 1.82) is 0 Å². The maximum atomic E-state index is 12.4. The SMILES string of the molecule is C#CCO[C@@H]1[C@H](O)[C@H]2COP(=O)(O)OP(=O)(O)OC[C@H]3O[C@H]([C@H](O)[C@@H]3O)[n+]3cnc4c(nc(N=[N+]=[N-])n4[C@@H]1O2)c3N. The number of azide groups is 1. The molecule has 21 nitrogen and oxygen atoms in total. The average molecular weight is 621 g/mol. The molecule has 23 heteroatoms. The van der Waals surface area contributed by atoms with Crippen LogP contribution < -0.4 is 10.3 Å². The third kappa shape index (κ3) is 5.56. The Hall–Kier alpha value is -2.76. The molecule has 0 amide bonds. The fraction of sp³-hybridized carbons (Fsp3) is 0.611. The molecule has 0 aromatic carbocycles. The molecule has 222 valence electrons. The standard InChI is InChI=1S/C18H22N8O13P2/c1-2-3-34-13-11(28)8-5-36-41(32,33)39-40(30,31)35-4-7-10(27)12(29)16(37-7)25-6-21-15-9(14(25)19)22-18(23-24-20)26(15)17(13)38-8/h1,6-8,10-13,16-17,19,27-29H,3-5H2,(H2,30,31,32,33)/p+1/t7-,8-,10-,11-,12-,13-,16-,17-/m1/s1. The Morgan fingerprint density at radius 3 is 2.49 bits per heavy atom. The number of imidazole rings is 1. The van der Waals surface area contributed by atoms with Crippen LogP contribution >= 0.6 is 15.6 Å². The van der Waals surface area contributed by atoms with Crippen molar-refractivity contribution in [3.63, 3.8) is 0 Å². The first-order chi connectivity index (χ1) is 19.4. The van der Waals surface area contributed by atoms with Crippen molar-refractivity contribution in [3.8, 4) is 12.3 Å². The molecule has 0 radical (unpaired) electrons. The van der Waals surface area contributed by atoms with Gasteiger partial charge in [-0.1, -0.05) is 10.9 Å². The lowest BCUT2D eigenvalue weighted by Crippen LogP contribution is -2.48. The van der Waals surface area contributed by atoms with Gasteiger partial charge in [0.15, 0.2) is 11.7 Å². The molecule has 6 heterocycles. The normalized spacial score (nSPS) is 39.3. The number of aliphatic hydroxyl groups excluding tert-OH is 3. The second-order valence-corrected chi connectivity index (χ2v) is 11.9. The van der Waals surface area contributed by atoms with E-state index in [1.165, 1.54) is 0 Å². The number of terminal acetylenes is 1. The Kier molecular flexibility index (Phi) is 8.08. The monoisotopic (exact) mass is 621 g/mol. The summed E-state index contributed by atoms with van der Waals surface area (Å²) in [6.07, 6.45) is -5.65. The van der Waals surface area contributed by atoms with Crippen LogP contribution in [0, 0.1) is 12.3 Å². The van der Waals surface area contributed by atoms with Gasteiger partial charge in [0.25, 0.3) is 5.82 Å². The van der Waals surface area contributed by atoms with Crippen molar-refractivity contribution < 1.29 is 66.4 Å². The second kappa shape index (κ2) is 11.1. The van der Waals surface area contributed by atoms with Gasteiger partial charge in [-0.2, -0.15) is 4.31 Å². The van der Waals surface area contributed by atoms with Crippen LogP contribution in [0.2, 0.25) is 0 Å². The van der Waals surface area contributed by atoms with Gasteiger partial charge < -0.3 is 45.1 Å². The molecular weight excluding hydrogens is 598 g/mol. The molecule has 10 atom stereocenters. The van der Waals surface area contributed by atoms with Crippen LogP contribution in [-0.2, 0) is 36.7 Å². The first-order valence-corrected chi connectivity index (χ1v) is 14.6. The predicted octanol–water partition coefficient (Wildman–Crippen LogP) is -1.60. The first-order valence-electron chi connectivity index (χ1n) is 11.6. The van der Waals surface area contributed by atoms with Crippen molar-refractivity contribution in [3.05, 3.63) is 16.8 Å². The molecule has 0 aliphatic carbocycles. The number of rotatable bonds is 3. The van der Waals surface area contributed by atoms with Crippen molar-refractivity contribution >= 4 is 38.6 Å². The Labute approximate surface area is 228 Å². The number of aliphatic hydroxyl groups is 3. The van der Waals surface area contributed by atoms with Gasteiger partial charge in [-0.15, -0.1) is 6.42 Å². The molecule has 2 unspecified atom stereocenters. The van der Waals surface area contributed by atoms with Gasteiger partial charge in [-0.3, -0.25) is 13.6 Å². The Balaban J connectivity index is 1.66. The highest BCUT2D eigenvalue weighted by atomic mass is 31.3. The van der Waals surface area contributed by atoms with Gasteiger partial charge in [0.2, 0.25) is 24.2 Å². The fourth-order valence-electron chi connectivity index (χ4n) is 4.55. The average Bonchev–Trinajstić information content (AvgIpc) is 3.51. The third-order valence-electron chi connectivity index (χ3n) is 6.37. The molecule has 2 aromatic heterocycles. The molecule has 0 saturated carbocycles. The maximum absolute atomic E-state index is 12.4. The zero-order chi connectivity index (χ0) is 29.7. The number of hydrogen-bond acceptors (Lipinski definition) is 15. The van der Waals surface area contributed by atoms with Crippen LogP contribution in [0.25, 0.3) is 21.6 Å². The summed E-state index contributed by atoms with van der Waals surface area (Å²) in [7, 11) is -10.7. The number of nitrogens with zero attached hydrogens (tertiary/aromatic N) is 7. The van der Waals surface area contributed by atoms with Crippen molar-refractivity contribution in [2.24, 2.45) is 5.11 Å². The molecule has 7 N–H and O–H groups in total. The summed E-state index contributed by atoms with van der Waals surface area (Å²) in [5.41, 5.74) is 15.3. The van der Waals surface area contributed by atoms with Gasteiger partial charge >= 0.3 is 15.6 Å². The van der Waals surface area contributed by atoms with E-state index < -0.39 is 77.9 Å². The van der Waals surface area contributed by atoms with E-state index in [1.807, 2.05) is 0 Å². The summed E-state index contributed by atoms with van der Waals surface area (Å²) in [5, 5.41) is 35.5. The van der Waals surface area contributed by atoms with Crippen LogP contribution in [0.15, 0.2) is 11.4 Å². The number of hydrogen-bond donors (Lipinski definition) is 6. The number of phosphoric acid groups is 2. The number of aromatic nitrogens is 4. The molecule has 4 aliphatic rings. The fourth-order valence-corrected chi connectivity index (χ4v) is 6.65. The van der Waals surface area contributed by atoms with Crippen molar-refractivity contribution in [2.45, 2.75) is 49.1 Å². The van der Waals surface area contributed by atoms with E-state index in [-0.39, 0.29) is 29.5 Å². The minimum atomic E-state index is -5.34. The topological polar surface area (TPSA) is 300 Å². The minimum absolute atomic E-state index is 0.0550. The summed E-state index contributed by atoms with van der Waals surface area (Å²) in [4.78, 5) is 31.2. The highest BCUT2D eigenvalue weighted by molar-refractivity contribution is 7.61. The molecule has 2 aromatic rings. The summed E-state index contributed by atoms with van der Waals surface area (Å²) in [6.45, 7) is -2.12. The summed E-state index contributed by atoms with van der Waals surface area (Å²) >= 11 is 0. The molecule has 2 fully saturated rings. The number of fused-ring (bicyclic) bond motifs is 7. The highest BCUT2D eigenvalue weighted by Gasteiger charge is 2.51. The van der Waals surface area contributed by atoms with Gasteiger partial charge in [-0.05, 0) is 10.6 Å². The lowest BCUT2D eigenvalue weighted by molar-refractivity contribution is -0.755. The van der Waals surface area contributed by atoms with Crippen LogP contribution in [-0.4, -0.2) is 96.1 Å². The predicted molar refractivity (Wildman–Crippen MR) is 128 cm³/mol. The lowest BCUT2D eigenvalue weighted by Gasteiger charge is -2.21. The third-order valence-corrected chi connectivity index (χ3v) is 8.98. The van der Waals surface area contributed by atoms with E-state index >= 15 is 0 Å². The maximum Gasteiger partial charge on any atom is 0.481 e. The smallest absolute Gasteiger partial charge is 0.387 e. The summed E-state index contributed by atoms with van der Waals surface area (Å²) in [6, 6.07) is 0.